The minimum absolute atomic E-state index is 0.00327. The fourth-order valence-corrected chi connectivity index (χ4v) is 1.99. The van der Waals surface area contributed by atoms with E-state index >= 15 is 0 Å². The number of amides is 1. The summed E-state index contributed by atoms with van der Waals surface area (Å²) in [6, 6.07) is 6.42. The van der Waals surface area contributed by atoms with Crippen molar-refractivity contribution in [1.82, 2.24) is 5.32 Å². The number of anilines is 1. The van der Waals surface area contributed by atoms with E-state index in [1.165, 1.54) is 0 Å². The van der Waals surface area contributed by atoms with Crippen LogP contribution >= 0.6 is 0 Å². The van der Waals surface area contributed by atoms with Crippen LogP contribution in [0.2, 0.25) is 0 Å². The first-order valence-electron chi connectivity index (χ1n) is 6.29. The third kappa shape index (κ3) is 2.48. The summed E-state index contributed by atoms with van der Waals surface area (Å²) in [7, 11) is 1.79. The molecule has 1 unspecified atom stereocenters. The molecule has 0 bridgehead atoms. The number of nitrogens with one attached hydrogen (secondary N) is 1. The highest BCUT2D eigenvalue weighted by atomic mass is 16.5. The summed E-state index contributed by atoms with van der Waals surface area (Å²) in [4.78, 5) is 13.5. The average Bonchev–Trinajstić information content (AvgIpc) is 2.34. The summed E-state index contributed by atoms with van der Waals surface area (Å²) in [6.07, 6.45) is -0.401. The summed E-state index contributed by atoms with van der Waals surface area (Å²) in [5.74, 6) is 0.773. The third-order valence-electron chi connectivity index (χ3n) is 3.08. The maximum atomic E-state index is 11.9. The van der Waals surface area contributed by atoms with Gasteiger partial charge in [0.2, 0.25) is 0 Å². The molecule has 1 atom stereocenters. The Kier molecular flexibility index (Phi) is 3.57. The molecule has 1 aromatic carbocycles. The van der Waals surface area contributed by atoms with Gasteiger partial charge in [-0.1, -0.05) is 19.9 Å². The van der Waals surface area contributed by atoms with E-state index in [1.807, 2.05) is 18.2 Å². The van der Waals surface area contributed by atoms with Crippen molar-refractivity contribution in [1.29, 1.82) is 0 Å². The van der Waals surface area contributed by atoms with Gasteiger partial charge in [-0.2, -0.15) is 0 Å². The quantitative estimate of drug-likeness (QED) is 0.888. The summed E-state index contributed by atoms with van der Waals surface area (Å²) in [5.41, 5.74) is 2.00. The largest absolute Gasteiger partial charge is 0.479 e. The van der Waals surface area contributed by atoms with Crippen LogP contribution in [0.5, 0.6) is 5.75 Å². The predicted octanol–water partition coefficient (Wildman–Crippen LogP) is 1.93. The Morgan fingerprint density at radius 2 is 2.17 bits per heavy atom. The van der Waals surface area contributed by atoms with Gasteiger partial charge in [0.1, 0.15) is 5.75 Å². The second-order valence-electron chi connectivity index (χ2n) is 5.00. The fourth-order valence-electron chi connectivity index (χ4n) is 1.99. The first-order valence-corrected chi connectivity index (χ1v) is 6.29. The Morgan fingerprint density at radius 3 is 2.83 bits per heavy atom. The van der Waals surface area contributed by atoms with Gasteiger partial charge in [-0.25, -0.2) is 0 Å². The van der Waals surface area contributed by atoms with Gasteiger partial charge in [0.05, 0.1) is 5.69 Å². The lowest BCUT2D eigenvalue weighted by molar-refractivity contribution is -0.125. The Morgan fingerprint density at radius 1 is 1.44 bits per heavy atom. The zero-order valence-corrected chi connectivity index (χ0v) is 11.4. The number of benzene rings is 1. The van der Waals surface area contributed by atoms with Crippen molar-refractivity contribution in [3.63, 3.8) is 0 Å². The minimum atomic E-state index is -0.401. The van der Waals surface area contributed by atoms with Crippen molar-refractivity contribution in [3.05, 3.63) is 23.8 Å². The molecule has 0 radical (unpaired) electrons. The highest BCUT2D eigenvalue weighted by molar-refractivity contribution is 5.99. The molecule has 1 N–H and O–H groups in total. The highest BCUT2D eigenvalue weighted by Crippen LogP contribution is 2.33. The molecule has 98 valence electrons. The summed E-state index contributed by atoms with van der Waals surface area (Å²) < 4.78 is 5.58. The molecule has 0 aliphatic carbocycles. The molecule has 0 spiro atoms. The van der Waals surface area contributed by atoms with Crippen molar-refractivity contribution in [2.24, 2.45) is 0 Å². The lowest BCUT2D eigenvalue weighted by Gasteiger charge is -2.30. The fraction of sp³-hybridized carbons (Fsp3) is 0.500. The van der Waals surface area contributed by atoms with Gasteiger partial charge in [-0.15, -0.1) is 0 Å². The molecule has 18 heavy (non-hydrogen) atoms. The number of nitrogens with zero attached hydrogens (tertiary/aromatic N) is 1. The van der Waals surface area contributed by atoms with Crippen LogP contribution < -0.4 is 15.0 Å². The Hall–Kier alpha value is -1.55. The van der Waals surface area contributed by atoms with Gasteiger partial charge >= 0.3 is 0 Å². The van der Waals surface area contributed by atoms with Crippen molar-refractivity contribution >= 4 is 11.6 Å². The molecule has 0 saturated carbocycles. The maximum Gasteiger partial charge on any atom is 0.267 e. The molecule has 2 rings (SSSR count). The number of likely N-dealkylation sites (N-methyl/N-ethyl adjacent to an activating group) is 1. The molecule has 0 aromatic heterocycles. The standard InChI is InChI=1S/C14H20N2O2/c1-9(2)15-8-11-5-6-13-12(7-11)16(4)14(17)10(3)18-13/h5-7,9-10,15H,8H2,1-4H3. The van der Waals surface area contributed by atoms with Crippen molar-refractivity contribution in [2.45, 2.75) is 39.5 Å². The van der Waals surface area contributed by atoms with Crippen LogP contribution in [0.3, 0.4) is 0 Å². The second kappa shape index (κ2) is 4.98. The van der Waals surface area contributed by atoms with Crippen LogP contribution in [0.4, 0.5) is 5.69 Å². The number of carbonyl (C=O) groups excluding carboxylic acids is 1. The Labute approximate surface area is 108 Å². The van der Waals surface area contributed by atoms with Crippen molar-refractivity contribution in [2.75, 3.05) is 11.9 Å². The molecule has 4 heteroatoms. The van der Waals surface area contributed by atoms with Crippen molar-refractivity contribution < 1.29 is 9.53 Å². The molecule has 1 heterocycles. The molecular formula is C14H20N2O2. The van der Waals surface area contributed by atoms with E-state index in [9.17, 15) is 4.79 Å². The van der Waals surface area contributed by atoms with Crippen LogP contribution in [0.1, 0.15) is 26.3 Å². The number of ether oxygens (including phenoxy) is 1. The van der Waals surface area contributed by atoms with Gasteiger partial charge < -0.3 is 15.0 Å². The van der Waals surface area contributed by atoms with Gasteiger partial charge in [-0.05, 0) is 24.6 Å². The zero-order valence-electron chi connectivity index (χ0n) is 11.4. The van der Waals surface area contributed by atoms with E-state index in [0.717, 1.165) is 23.5 Å². The maximum absolute atomic E-state index is 11.9. The normalized spacial score (nSPS) is 18.8. The second-order valence-corrected chi connectivity index (χ2v) is 5.00. The molecule has 0 saturated heterocycles. The highest BCUT2D eigenvalue weighted by Gasteiger charge is 2.28. The van der Waals surface area contributed by atoms with E-state index in [4.69, 9.17) is 4.74 Å². The predicted molar refractivity (Wildman–Crippen MR) is 71.9 cm³/mol. The van der Waals surface area contributed by atoms with E-state index in [1.54, 1.807) is 18.9 Å². The average molecular weight is 248 g/mol. The molecular weight excluding hydrogens is 228 g/mol. The van der Waals surface area contributed by atoms with Crippen LogP contribution in [0.15, 0.2) is 18.2 Å². The monoisotopic (exact) mass is 248 g/mol. The van der Waals surface area contributed by atoms with Crippen LogP contribution in [0.25, 0.3) is 0 Å². The van der Waals surface area contributed by atoms with Gasteiger partial charge in [0.25, 0.3) is 5.91 Å². The first-order chi connectivity index (χ1) is 8.49. The molecule has 1 amide bonds. The first kappa shape index (κ1) is 12.9. The number of hydrogen-bond acceptors (Lipinski definition) is 3. The third-order valence-corrected chi connectivity index (χ3v) is 3.08. The SMILES string of the molecule is CC(C)NCc1ccc2c(c1)N(C)C(=O)C(C)O2. The van der Waals surface area contributed by atoms with Gasteiger partial charge in [-0.3, -0.25) is 4.79 Å². The van der Waals surface area contributed by atoms with Gasteiger partial charge in [0, 0.05) is 19.6 Å². The summed E-state index contributed by atoms with van der Waals surface area (Å²) in [6.45, 7) is 6.79. The minimum Gasteiger partial charge on any atom is -0.479 e. The molecule has 1 aliphatic heterocycles. The number of hydrogen-bond donors (Lipinski definition) is 1. The number of rotatable bonds is 3. The topological polar surface area (TPSA) is 41.6 Å². The zero-order chi connectivity index (χ0) is 13.3. The van der Waals surface area contributed by atoms with Crippen LogP contribution in [0, 0.1) is 0 Å². The molecule has 1 aromatic rings. The molecule has 1 aliphatic rings. The Bertz CT molecular complexity index is 457. The lowest BCUT2D eigenvalue weighted by Crippen LogP contribution is -2.42. The van der Waals surface area contributed by atoms with E-state index in [2.05, 4.69) is 19.2 Å². The summed E-state index contributed by atoms with van der Waals surface area (Å²) in [5, 5.41) is 3.36. The van der Waals surface area contributed by atoms with E-state index < -0.39 is 6.10 Å². The van der Waals surface area contributed by atoms with Crippen LogP contribution in [-0.4, -0.2) is 25.1 Å². The summed E-state index contributed by atoms with van der Waals surface area (Å²) >= 11 is 0. The molecule has 0 fully saturated rings. The van der Waals surface area contributed by atoms with Crippen molar-refractivity contribution in [3.8, 4) is 5.75 Å². The lowest BCUT2D eigenvalue weighted by atomic mass is 10.1. The van der Waals surface area contributed by atoms with E-state index in [0.29, 0.717) is 6.04 Å². The molecule has 4 nitrogen and oxygen atoms in total. The van der Waals surface area contributed by atoms with Crippen LogP contribution in [-0.2, 0) is 11.3 Å². The smallest absolute Gasteiger partial charge is 0.267 e. The number of fused-ring (bicyclic) bond motifs is 1. The Balaban J connectivity index is 2.23. The van der Waals surface area contributed by atoms with Gasteiger partial charge in [0.15, 0.2) is 6.10 Å². The number of carbonyl (C=O) groups is 1. The van der Waals surface area contributed by atoms with E-state index in [-0.39, 0.29) is 5.91 Å².